The molecule has 1 saturated carbocycles. The molecule has 4 nitrogen and oxygen atoms in total. The van der Waals surface area contributed by atoms with E-state index in [9.17, 15) is 9.18 Å². The largest absolute Gasteiger partial charge is 0.483 e. The maximum atomic E-state index is 13.0. The highest BCUT2D eigenvalue weighted by Gasteiger charge is 2.21. The summed E-state index contributed by atoms with van der Waals surface area (Å²) >= 11 is 3.20. The first-order valence-electron chi connectivity index (χ1n) is 8.14. The average Bonchev–Trinajstić information content (AvgIpc) is 3.39. The van der Waals surface area contributed by atoms with E-state index < -0.39 is 0 Å². The molecule has 2 aromatic carbocycles. The SMILES string of the molecule is O=C(COc1ccc(F)cc1Br)Nc1cccc(COCC2CC2)c1. The number of carbonyl (C=O) groups excluding carboxylic acids is 1. The summed E-state index contributed by atoms with van der Waals surface area (Å²) < 4.78 is 24.6. The van der Waals surface area contributed by atoms with Crippen LogP contribution in [0, 0.1) is 11.7 Å². The van der Waals surface area contributed by atoms with E-state index in [2.05, 4.69) is 21.2 Å². The first-order valence-corrected chi connectivity index (χ1v) is 8.94. The molecule has 0 heterocycles. The molecule has 1 aliphatic carbocycles. The van der Waals surface area contributed by atoms with Crippen molar-refractivity contribution in [2.75, 3.05) is 18.5 Å². The van der Waals surface area contributed by atoms with Crippen LogP contribution in [0.25, 0.3) is 0 Å². The highest BCUT2D eigenvalue weighted by Crippen LogP contribution is 2.29. The molecule has 0 radical (unpaired) electrons. The Morgan fingerprint density at radius 2 is 2.08 bits per heavy atom. The molecule has 0 spiro atoms. The van der Waals surface area contributed by atoms with Crippen molar-refractivity contribution in [3.8, 4) is 5.75 Å². The number of halogens is 2. The molecule has 0 unspecified atom stereocenters. The summed E-state index contributed by atoms with van der Waals surface area (Å²) in [4.78, 5) is 12.0. The van der Waals surface area contributed by atoms with E-state index in [0.29, 0.717) is 22.5 Å². The third kappa shape index (κ3) is 5.83. The van der Waals surface area contributed by atoms with Gasteiger partial charge in [-0.1, -0.05) is 12.1 Å². The lowest BCUT2D eigenvalue weighted by Crippen LogP contribution is -2.20. The van der Waals surface area contributed by atoms with Gasteiger partial charge in [-0.2, -0.15) is 0 Å². The number of anilines is 1. The Kier molecular flexibility index (Phi) is 6.04. The lowest BCUT2D eigenvalue weighted by molar-refractivity contribution is -0.118. The summed E-state index contributed by atoms with van der Waals surface area (Å²) in [7, 11) is 0. The third-order valence-electron chi connectivity index (χ3n) is 3.78. The predicted octanol–water partition coefficient (Wildman–Crippen LogP) is 4.53. The number of rotatable bonds is 8. The van der Waals surface area contributed by atoms with E-state index in [1.807, 2.05) is 24.3 Å². The highest BCUT2D eigenvalue weighted by molar-refractivity contribution is 9.10. The molecule has 25 heavy (non-hydrogen) atoms. The molecule has 0 aliphatic heterocycles. The van der Waals surface area contributed by atoms with Crippen LogP contribution in [0.4, 0.5) is 10.1 Å². The van der Waals surface area contributed by atoms with E-state index in [1.165, 1.54) is 31.0 Å². The minimum absolute atomic E-state index is 0.160. The Morgan fingerprint density at radius 3 is 2.84 bits per heavy atom. The second kappa shape index (κ2) is 8.45. The zero-order valence-corrected chi connectivity index (χ0v) is 15.2. The van der Waals surface area contributed by atoms with Crippen molar-refractivity contribution in [2.45, 2.75) is 19.4 Å². The van der Waals surface area contributed by atoms with Crippen LogP contribution >= 0.6 is 15.9 Å². The Labute approximate surface area is 154 Å². The van der Waals surface area contributed by atoms with Crippen LogP contribution in [0.3, 0.4) is 0 Å². The standard InChI is InChI=1S/C19H19BrFNO3/c20-17-9-15(21)6-7-18(17)25-12-19(23)22-16-3-1-2-14(8-16)11-24-10-13-4-5-13/h1-3,6-9,13H,4-5,10-12H2,(H,22,23). The highest BCUT2D eigenvalue weighted by atomic mass is 79.9. The summed E-state index contributed by atoms with van der Waals surface area (Å²) in [6, 6.07) is 11.6. The van der Waals surface area contributed by atoms with Crippen molar-refractivity contribution < 1.29 is 18.7 Å². The molecule has 1 amide bonds. The van der Waals surface area contributed by atoms with Crippen molar-refractivity contribution in [1.82, 2.24) is 0 Å². The summed E-state index contributed by atoms with van der Waals surface area (Å²) in [5, 5.41) is 2.79. The van der Waals surface area contributed by atoms with E-state index in [-0.39, 0.29) is 18.3 Å². The van der Waals surface area contributed by atoms with Crippen LogP contribution in [0.2, 0.25) is 0 Å². The van der Waals surface area contributed by atoms with Crippen LogP contribution in [-0.4, -0.2) is 19.1 Å². The maximum Gasteiger partial charge on any atom is 0.262 e. The molecule has 3 rings (SSSR count). The van der Waals surface area contributed by atoms with Crippen molar-refractivity contribution in [2.24, 2.45) is 5.92 Å². The van der Waals surface area contributed by atoms with Crippen LogP contribution in [0.5, 0.6) is 5.75 Å². The second-order valence-corrected chi connectivity index (χ2v) is 6.92. The van der Waals surface area contributed by atoms with E-state index in [0.717, 1.165) is 18.1 Å². The number of ether oxygens (including phenoxy) is 2. The van der Waals surface area contributed by atoms with Crippen molar-refractivity contribution >= 4 is 27.5 Å². The zero-order valence-electron chi connectivity index (χ0n) is 13.6. The molecule has 1 aliphatic rings. The lowest BCUT2D eigenvalue weighted by Gasteiger charge is -2.10. The van der Waals surface area contributed by atoms with Crippen molar-refractivity contribution in [3.05, 3.63) is 58.3 Å². The fraction of sp³-hybridized carbons (Fsp3) is 0.316. The van der Waals surface area contributed by atoms with E-state index >= 15 is 0 Å². The number of benzene rings is 2. The molecule has 0 saturated heterocycles. The number of hydrogen-bond donors (Lipinski definition) is 1. The molecular formula is C19H19BrFNO3. The van der Waals surface area contributed by atoms with Gasteiger partial charge < -0.3 is 14.8 Å². The fourth-order valence-electron chi connectivity index (χ4n) is 2.30. The minimum Gasteiger partial charge on any atom is -0.483 e. The van der Waals surface area contributed by atoms with Gasteiger partial charge in [0.2, 0.25) is 0 Å². The van der Waals surface area contributed by atoms with Gasteiger partial charge in [0, 0.05) is 12.3 Å². The van der Waals surface area contributed by atoms with Gasteiger partial charge in [0.25, 0.3) is 5.91 Å². The predicted molar refractivity (Wildman–Crippen MR) is 97.0 cm³/mol. The first-order chi connectivity index (χ1) is 12.1. The van der Waals surface area contributed by atoms with Gasteiger partial charge in [-0.05, 0) is 70.6 Å². The Morgan fingerprint density at radius 1 is 1.24 bits per heavy atom. The number of hydrogen-bond acceptors (Lipinski definition) is 3. The first kappa shape index (κ1) is 17.9. The average molecular weight is 408 g/mol. The second-order valence-electron chi connectivity index (χ2n) is 6.07. The van der Waals surface area contributed by atoms with Crippen molar-refractivity contribution in [3.63, 3.8) is 0 Å². The molecule has 0 atom stereocenters. The molecule has 2 aromatic rings. The monoisotopic (exact) mass is 407 g/mol. The van der Waals surface area contributed by atoms with Crippen LogP contribution in [0.15, 0.2) is 46.9 Å². The molecule has 6 heteroatoms. The molecule has 132 valence electrons. The van der Waals surface area contributed by atoms with Gasteiger partial charge in [0.1, 0.15) is 11.6 Å². The summed E-state index contributed by atoms with van der Waals surface area (Å²) in [5.74, 6) is 0.487. The number of nitrogens with one attached hydrogen (secondary N) is 1. The Bertz CT molecular complexity index is 749. The smallest absolute Gasteiger partial charge is 0.262 e. The van der Waals surface area contributed by atoms with Gasteiger partial charge in [-0.25, -0.2) is 4.39 Å². The van der Waals surface area contributed by atoms with Gasteiger partial charge in [0.05, 0.1) is 11.1 Å². The molecule has 1 N–H and O–H groups in total. The fourth-order valence-corrected chi connectivity index (χ4v) is 2.76. The summed E-state index contributed by atoms with van der Waals surface area (Å²) in [5.41, 5.74) is 1.71. The normalized spacial score (nSPS) is 13.5. The van der Waals surface area contributed by atoms with E-state index in [1.54, 1.807) is 0 Å². The van der Waals surface area contributed by atoms with Crippen LogP contribution in [0.1, 0.15) is 18.4 Å². The molecule has 0 bridgehead atoms. The topological polar surface area (TPSA) is 47.6 Å². The zero-order chi connectivity index (χ0) is 17.6. The van der Waals surface area contributed by atoms with Gasteiger partial charge in [-0.3, -0.25) is 4.79 Å². The minimum atomic E-state index is -0.371. The number of carbonyl (C=O) groups is 1. The Balaban J connectivity index is 1.48. The van der Waals surface area contributed by atoms with Gasteiger partial charge >= 0.3 is 0 Å². The molecular weight excluding hydrogens is 389 g/mol. The Hall–Kier alpha value is -1.92. The van der Waals surface area contributed by atoms with Crippen molar-refractivity contribution in [1.29, 1.82) is 0 Å². The van der Waals surface area contributed by atoms with Crippen LogP contribution in [-0.2, 0) is 16.1 Å². The summed E-state index contributed by atoms with van der Waals surface area (Å²) in [6.07, 6.45) is 2.53. The lowest BCUT2D eigenvalue weighted by atomic mass is 10.2. The van der Waals surface area contributed by atoms with E-state index in [4.69, 9.17) is 9.47 Å². The summed E-state index contributed by atoms with van der Waals surface area (Å²) in [6.45, 7) is 1.18. The van der Waals surface area contributed by atoms with Gasteiger partial charge in [0.15, 0.2) is 6.61 Å². The quantitative estimate of drug-likeness (QED) is 0.698. The number of amides is 1. The molecule has 1 fully saturated rings. The maximum absolute atomic E-state index is 13.0. The van der Waals surface area contributed by atoms with Gasteiger partial charge in [-0.15, -0.1) is 0 Å². The molecule has 0 aromatic heterocycles. The van der Waals surface area contributed by atoms with Crippen LogP contribution < -0.4 is 10.1 Å². The third-order valence-corrected chi connectivity index (χ3v) is 4.40.